The summed E-state index contributed by atoms with van der Waals surface area (Å²) in [6, 6.07) is 0. The van der Waals surface area contributed by atoms with Gasteiger partial charge < -0.3 is 0 Å². The first-order valence-corrected chi connectivity index (χ1v) is 5.74. The standard InChI is InChI=1S/C13H26/c1-6-8-9-10-12(4)13(5)11(3)7-2/h6,11-13H,1,7-10H2,2-5H3. The van der Waals surface area contributed by atoms with E-state index in [0.29, 0.717) is 0 Å². The van der Waals surface area contributed by atoms with E-state index in [1.54, 1.807) is 0 Å². The van der Waals surface area contributed by atoms with Gasteiger partial charge in [0, 0.05) is 0 Å². The molecular weight excluding hydrogens is 156 g/mol. The normalized spacial score (nSPS) is 17.8. The van der Waals surface area contributed by atoms with E-state index < -0.39 is 0 Å². The van der Waals surface area contributed by atoms with Gasteiger partial charge in [-0.15, -0.1) is 6.58 Å². The number of hydrogen-bond acceptors (Lipinski definition) is 0. The molecule has 0 aliphatic carbocycles. The Kier molecular flexibility index (Phi) is 7.03. The highest BCUT2D eigenvalue weighted by Gasteiger charge is 2.16. The van der Waals surface area contributed by atoms with Gasteiger partial charge in [0.05, 0.1) is 0 Å². The van der Waals surface area contributed by atoms with Crippen molar-refractivity contribution in [2.75, 3.05) is 0 Å². The first-order valence-electron chi connectivity index (χ1n) is 5.74. The Bertz CT molecular complexity index is 126. The second kappa shape index (κ2) is 7.17. The second-order valence-corrected chi connectivity index (χ2v) is 4.44. The smallest absolute Gasteiger partial charge is 0.0353 e. The van der Waals surface area contributed by atoms with Gasteiger partial charge in [0.15, 0.2) is 0 Å². The average molecular weight is 182 g/mol. The number of rotatable bonds is 7. The molecule has 13 heavy (non-hydrogen) atoms. The number of hydrogen-bond donors (Lipinski definition) is 0. The van der Waals surface area contributed by atoms with Crippen LogP contribution in [-0.2, 0) is 0 Å². The maximum Gasteiger partial charge on any atom is -0.0353 e. The fourth-order valence-corrected chi connectivity index (χ4v) is 1.78. The summed E-state index contributed by atoms with van der Waals surface area (Å²) in [6.07, 6.45) is 7.19. The van der Waals surface area contributed by atoms with Gasteiger partial charge in [0.2, 0.25) is 0 Å². The maximum atomic E-state index is 3.75. The van der Waals surface area contributed by atoms with E-state index in [2.05, 4.69) is 34.3 Å². The van der Waals surface area contributed by atoms with Crippen molar-refractivity contribution in [3.8, 4) is 0 Å². The van der Waals surface area contributed by atoms with Crippen molar-refractivity contribution < 1.29 is 0 Å². The van der Waals surface area contributed by atoms with E-state index in [1.165, 1.54) is 25.7 Å². The van der Waals surface area contributed by atoms with E-state index >= 15 is 0 Å². The summed E-state index contributed by atoms with van der Waals surface area (Å²) in [6.45, 7) is 13.2. The third-order valence-corrected chi connectivity index (χ3v) is 3.51. The van der Waals surface area contributed by atoms with Gasteiger partial charge in [0.25, 0.3) is 0 Å². The second-order valence-electron chi connectivity index (χ2n) is 4.44. The van der Waals surface area contributed by atoms with Crippen molar-refractivity contribution >= 4 is 0 Å². The highest BCUT2D eigenvalue weighted by Crippen LogP contribution is 2.26. The summed E-state index contributed by atoms with van der Waals surface area (Å²) in [4.78, 5) is 0. The van der Waals surface area contributed by atoms with Gasteiger partial charge in [-0.3, -0.25) is 0 Å². The van der Waals surface area contributed by atoms with Crippen molar-refractivity contribution in [3.63, 3.8) is 0 Å². The Morgan fingerprint density at radius 2 is 1.77 bits per heavy atom. The predicted molar refractivity (Wildman–Crippen MR) is 61.8 cm³/mol. The zero-order valence-electron chi connectivity index (χ0n) is 9.84. The molecule has 0 rings (SSSR count). The lowest BCUT2D eigenvalue weighted by atomic mass is 9.81. The minimum absolute atomic E-state index is 0.870. The Morgan fingerprint density at radius 1 is 1.15 bits per heavy atom. The average Bonchev–Trinajstić information content (AvgIpc) is 2.15. The van der Waals surface area contributed by atoms with Gasteiger partial charge in [-0.2, -0.15) is 0 Å². The molecule has 0 spiro atoms. The molecule has 3 atom stereocenters. The van der Waals surface area contributed by atoms with Crippen molar-refractivity contribution in [3.05, 3.63) is 12.7 Å². The first-order chi connectivity index (χ1) is 6.13. The maximum absolute atomic E-state index is 3.75. The summed E-state index contributed by atoms with van der Waals surface area (Å²) in [5.74, 6) is 2.61. The SMILES string of the molecule is C=CCCCC(C)C(C)C(C)CC. The molecule has 0 aromatic carbocycles. The Labute approximate surface area is 84.4 Å². The Morgan fingerprint density at radius 3 is 2.23 bits per heavy atom. The Balaban J connectivity index is 3.67. The molecule has 0 heteroatoms. The zero-order chi connectivity index (χ0) is 10.3. The van der Waals surface area contributed by atoms with Crippen LogP contribution in [-0.4, -0.2) is 0 Å². The topological polar surface area (TPSA) is 0 Å². The van der Waals surface area contributed by atoms with Crippen LogP contribution in [0.2, 0.25) is 0 Å². The quantitative estimate of drug-likeness (QED) is 0.397. The largest absolute Gasteiger partial charge is 0.103 e. The monoisotopic (exact) mass is 182 g/mol. The number of unbranched alkanes of at least 4 members (excludes halogenated alkanes) is 1. The van der Waals surface area contributed by atoms with E-state index in [9.17, 15) is 0 Å². The van der Waals surface area contributed by atoms with Crippen LogP contribution in [0, 0.1) is 17.8 Å². The third-order valence-electron chi connectivity index (χ3n) is 3.51. The van der Waals surface area contributed by atoms with E-state index in [-0.39, 0.29) is 0 Å². The summed E-state index contributed by atoms with van der Waals surface area (Å²) >= 11 is 0. The molecule has 0 bridgehead atoms. The van der Waals surface area contributed by atoms with Gasteiger partial charge in [-0.25, -0.2) is 0 Å². The van der Waals surface area contributed by atoms with Crippen molar-refractivity contribution in [2.24, 2.45) is 17.8 Å². The zero-order valence-corrected chi connectivity index (χ0v) is 9.84. The molecular formula is C13H26. The minimum atomic E-state index is 0.870. The van der Waals surface area contributed by atoms with Crippen LogP contribution in [0.4, 0.5) is 0 Å². The van der Waals surface area contributed by atoms with Crippen LogP contribution >= 0.6 is 0 Å². The van der Waals surface area contributed by atoms with E-state index in [0.717, 1.165) is 17.8 Å². The lowest BCUT2D eigenvalue weighted by Gasteiger charge is -2.25. The van der Waals surface area contributed by atoms with Crippen LogP contribution in [0.1, 0.15) is 53.4 Å². The van der Waals surface area contributed by atoms with Gasteiger partial charge in [0.1, 0.15) is 0 Å². The molecule has 0 nitrogen and oxygen atoms in total. The molecule has 78 valence electrons. The molecule has 0 aromatic heterocycles. The van der Waals surface area contributed by atoms with Crippen LogP contribution in [0.15, 0.2) is 12.7 Å². The summed E-state index contributed by atoms with van der Waals surface area (Å²) < 4.78 is 0. The molecule has 0 heterocycles. The highest BCUT2D eigenvalue weighted by atomic mass is 14.2. The van der Waals surface area contributed by atoms with Gasteiger partial charge in [-0.1, -0.05) is 46.6 Å². The number of allylic oxidation sites excluding steroid dienone is 1. The van der Waals surface area contributed by atoms with Crippen LogP contribution < -0.4 is 0 Å². The molecule has 0 aromatic rings. The minimum Gasteiger partial charge on any atom is -0.103 e. The molecule has 0 fully saturated rings. The first kappa shape index (κ1) is 12.7. The van der Waals surface area contributed by atoms with Crippen LogP contribution in [0.5, 0.6) is 0 Å². The molecule has 0 amide bonds. The van der Waals surface area contributed by atoms with Crippen molar-refractivity contribution in [1.82, 2.24) is 0 Å². The molecule has 0 aliphatic heterocycles. The van der Waals surface area contributed by atoms with Gasteiger partial charge >= 0.3 is 0 Å². The van der Waals surface area contributed by atoms with Crippen LogP contribution in [0.25, 0.3) is 0 Å². The Hall–Kier alpha value is -0.260. The fourth-order valence-electron chi connectivity index (χ4n) is 1.78. The van der Waals surface area contributed by atoms with Crippen LogP contribution in [0.3, 0.4) is 0 Å². The molecule has 0 saturated heterocycles. The van der Waals surface area contributed by atoms with Gasteiger partial charge in [-0.05, 0) is 30.6 Å². The lowest BCUT2D eigenvalue weighted by Crippen LogP contribution is -2.15. The van der Waals surface area contributed by atoms with E-state index in [1.807, 2.05) is 6.08 Å². The van der Waals surface area contributed by atoms with Crippen molar-refractivity contribution in [1.29, 1.82) is 0 Å². The van der Waals surface area contributed by atoms with Crippen molar-refractivity contribution in [2.45, 2.75) is 53.4 Å². The highest BCUT2D eigenvalue weighted by molar-refractivity contribution is 4.70. The predicted octanol–water partition coefficient (Wildman–Crippen LogP) is 4.66. The fraction of sp³-hybridized carbons (Fsp3) is 0.846. The summed E-state index contributed by atoms with van der Waals surface area (Å²) in [7, 11) is 0. The molecule has 3 unspecified atom stereocenters. The summed E-state index contributed by atoms with van der Waals surface area (Å²) in [5, 5.41) is 0. The summed E-state index contributed by atoms with van der Waals surface area (Å²) in [5.41, 5.74) is 0. The molecule has 0 radical (unpaired) electrons. The lowest BCUT2D eigenvalue weighted by molar-refractivity contribution is 0.257. The van der Waals surface area contributed by atoms with E-state index in [4.69, 9.17) is 0 Å². The molecule has 0 N–H and O–H groups in total. The third kappa shape index (κ3) is 5.13. The molecule has 0 saturated carbocycles. The molecule has 0 aliphatic rings.